The van der Waals surface area contributed by atoms with Crippen LogP contribution in [0.5, 0.6) is 0 Å². The topological polar surface area (TPSA) is 105 Å². The van der Waals surface area contributed by atoms with E-state index >= 15 is 0 Å². The molecule has 0 bridgehead atoms. The number of carbonyl (C=O) groups is 2. The fraction of sp³-hybridized carbons (Fsp3) is 0.263. The quantitative estimate of drug-likeness (QED) is 0.744. The SMILES string of the molecule is Cc1cccc(C(=O)NNC(=O)c2cccc(S(=O)(=O)N3CCOCC3)c2)c1. The molecule has 0 unspecified atom stereocenters. The van der Waals surface area contributed by atoms with Gasteiger partial charge in [0.25, 0.3) is 11.8 Å². The van der Waals surface area contributed by atoms with Crippen LogP contribution in [0, 0.1) is 6.92 Å². The Bertz CT molecular complexity index is 985. The van der Waals surface area contributed by atoms with E-state index in [0.29, 0.717) is 18.8 Å². The molecule has 9 heteroatoms. The predicted octanol–water partition coefficient (Wildman–Crippen LogP) is 1.09. The minimum Gasteiger partial charge on any atom is -0.379 e. The summed E-state index contributed by atoms with van der Waals surface area (Å²) in [7, 11) is -3.71. The molecular formula is C19H21N3O5S. The predicted molar refractivity (Wildman–Crippen MR) is 102 cm³/mol. The summed E-state index contributed by atoms with van der Waals surface area (Å²) in [6, 6.07) is 12.6. The van der Waals surface area contributed by atoms with Gasteiger partial charge in [-0.15, -0.1) is 0 Å². The minimum absolute atomic E-state index is 0.0204. The number of sulfonamides is 1. The second kappa shape index (κ2) is 8.51. The molecule has 0 atom stereocenters. The number of hydrogen-bond donors (Lipinski definition) is 2. The molecule has 1 heterocycles. The fourth-order valence-electron chi connectivity index (χ4n) is 2.78. The molecular weight excluding hydrogens is 382 g/mol. The van der Waals surface area contributed by atoms with E-state index in [1.54, 1.807) is 18.2 Å². The van der Waals surface area contributed by atoms with Gasteiger partial charge in [0.1, 0.15) is 0 Å². The molecule has 148 valence electrons. The van der Waals surface area contributed by atoms with Gasteiger partial charge in [0.05, 0.1) is 18.1 Å². The number of carbonyl (C=O) groups excluding carboxylic acids is 2. The van der Waals surface area contributed by atoms with Crippen molar-refractivity contribution in [3.8, 4) is 0 Å². The summed E-state index contributed by atoms with van der Waals surface area (Å²) in [4.78, 5) is 24.5. The molecule has 0 aliphatic carbocycles. The number of hydrazine groups is 1. The van der Waals surface area contributed by atoms with Crippen molar-refractivity contribution < 1.29 is 22.7 Å². The number of rotatable bonds is 4. The highest BCUT2D eigenvalue weighted by Gasteiger charge is 2.26. The summed E-state index contributed by atoms with van der Waals surface area (Å²) >= 11 is 0. The molecule has 1 aliphatic rings. The first-order valence-corrected chi connectivity index (χ1v) is 10.2. The maximum absolute atomic E-state index is 12.7. The number of nitrogens with one attached hydrogen (secondary N) is 2. The summed E-state index contributed by atoms with van der Waals surface area (Å²) in [6.07, 6.45) is 0. The average molecular weight is 403 g/mol. The van der Waals surface area contributed by atoms with Crippen molar-refractivity contribution in [3.05, 3.63) is 65.2 Å². The second-order valence-electron chi connectivity index (χ2n) is 6.32. The average Bonchev–Trinajstić information content (AvgIpc) is 2.72. The zero-order valence-electron chi connectivity index (χ0n) is 15.3. The van der Waals surface area contributed by atoms with Crippen molar-refractivity contribution in [2.75, 3.05) is 26.3 Å². The van der Waals surface area contributed by atoms with Gasteiger partial charge in [-0.2, -0.15) is 4.31 Å². The van der Waals surface area contributed by atoms with E-state index in [2.05, 4.69) is 10.9 Å². The number of nitrogens with zero attached hydrogens (tertiary/aromatic N) is 1. The van der Waals surface area contributed by atoms with Crippen LogP contribution < -0.4 is 10.9 Å². The van der Waals surface area contributed by atoms with Crippen LogP contribution in [0.3, 0.4) is 0 Å². The van der Waals surface area contributed by atoms with Gasteiger partial charge in [0.2, 0.25) is 10.0 Å². The van der Waals surface area contributed by atoms with E-state index in [9.17, 15) is 18.0 Å². The molecule has 0 aromatic heterocycles. The van der Waals surface area contributed by atoms with E-state index in [4.69, 9.17) is 4.74 Å². The lowest BCUT2D eigenvalue weighted by Crippen LogP contribution is -2.42. The van der Waals surface area contributed by atoms with Gasteiger partial charge < -0.3 is 4.74 Å². The van der Waals surface area contributed by atoms with Crippen molar-refractivity contribution in [3.63, 3.8) is 0 Å². The highest BCUT2D eigenvalue weighted by molar-refractivity contribution is 7.89. The smallest absolute Gasteiger partial charge is 0.269 e. The van der Waals surface area contributed by atoms with E-state index < -0.39 is 21.8 Å². The van der Waals surface area contributed by atoms with Crippen LogP contribution in [0.15, 0.2) is 53.4 Å². The molecule has 1 fully saturated rings. The molecule has 28 heavy (non-hydrogen) atoms. The van der Waals surface area contributed by atoms with Gasteiger partial charge in [-0.25, -0.2) is 8.42 Å². The molecule has 0 radical (unpaired) electrons. The number of aryl methyl sites for hydroxylation is 1. The molecule has 3 rings (SSSR count). The minimum atomic E-state index is -3.71. The Balaban J connectivity index is 1.69. The van der Waals surface area contributed by atoms with Crippen LogP contribution in [-0.2, 0) is 14.8 Å². The van der Waals surface area contributed by atoms with Crippen molar-refractivity contribution >= 4 is 21.8 Å². The highest BCUT2D eigenvalue weighted by atomic mass is 32.2. The largest absolute Gasteiger partial charge is 0.379 e. The maximum atomic E-state index is 12.7. The monoisotopic (exact) mass is 403 g/mol. The van der Waals surface area contributed by atoms with Crippen LogP contribution in [0.2, 0.25) is 0 Å². The van der Waals surface area contributed by atoms with Gasteiger partial charge >= 0.3 is 0 Å². The Morgan fingerprint density at radius 3 is 2.11 bits per heavy atom. The van der Waals surface area contributed by atoms with E-state index in [-0.39, 0.29) is 23.5 Å². The van der Waals surface area contributed by atoms with Crippen molar-refractivity contribution in [2.24, 2.45) is 0 Å². The Hall–Kier alpha value is -2.75. The Morgan fingerprint density at radius 1 is 0.929 bits per heavy atom. The highest BCUT2D eigenvalue weighted by Crippen LogP contribution is 2.18. The van der Waals surface area contributed by atoms with Gasteiger partial charge in [-0.1, -0.05) is 23.8 Å². The zero-order valence-corrected chi connectivity index (χ0v) is 16.2. The summed E-state index contributed by atoms with van der Waals surface area (Å²) in [6.45, 7) is 3.07. The van der Waals surface area contributed by atoms with Crippen LogP contribution in [-0.4, -0.2) is 50.8 Å². The molecule has 0 spiro atoms. The first kappa shape index (κ1) is 20.0. The lowest BCUT2D eigenvalue weighted by Gasteiger charge is -2.26. The number of ether oxygens (including phenoxy) is 1. The molecule has 1 saturated heterocycles. The molecule has 8 nitrogen and oxygen atoms in total. The fourth-order valence-corrected chi connectivity index (χ4v) is 4.23. The van der Waals surface area contributed by atoms with Crippen molar-refractivity contribution in [1.29, 1.82) is 0 Å². The van der Waals surface area contributed by atoms with Crippen molar-refractivity contribution in [1.82, 2.24) is 15.2 Å². The molecule has 2 N–H and O–H groups in total. The maximum Gasteiger partial charge on any atom is 0.269 e. The van der Waals surface area contributed by atoms with Gasteiger partial charge in [-0.3, -0.25) is 20.4 Å². The molecule has 1 aliphatic heterocycles. The van der Waals surface area contributed by atoms with E-state index in [0.717, 1.165) is 5.56 Å². The summed E-state index contributed by atoms with van der Waals surface area (Å²) < 4.78 is 31.9. The van der Waals surface area contributed by atoms with E-state index in [1.807, 2.05) is 13.0 Å². The Labute approximate surface area is 163 Å². The van der Waals surface area contributed by atoms with Crippen LogP contribution in [0.1, 0.15) is 26.3 Å². The van der Waals surface area contributed by atoms with Crippen LogP contribution >= 0.6 is 0 Å². The molecule has 2 aromatic rings. The van der Waals surface area contributed by atoms with E-state index in [1.165, 1.54) is 28.6 Å². The van der Waals surface area contributed by atoms with Crippen LogP contribution in [0.4, 0.5) is 0 Å². The third-order valence-corrected chi connectivity index (χ3v) is 6.17. The zero-order chi connectivity index (χ0) is 20.1. The second-order valence-corrected chi connectivity index (χ2v) is 8.26. The first-order chi connectivity index (χ1) is 13.4. The van der Waals surface area contributed by atoms with Crippen molar-refractivity contribution in [2.45, 2.75) is 11.8 Å². The summed E-state index contributed by atoms with van der Waals surface area (Å²) in [5.41, 5.74) is 6.09. The first-order valence-electron chi connectivity index (χ1n) is 8.73. The standard InChI is InChI=1S/C19H21N3O5S/c1-14-4-2-5-15(12-14)18(23)20-21-19(24)16-6-3-7-17(13-16)28(25,26)22-8-10-27-11-9-22/h2-7,12-13H,8-11H2,1H3,(H,20,23)(H,21,24). The number of hydrogen-bond acceptors (Lipinski definition) is 5. The van der Waals surface area contributed by atoms with Gasteiger partial charge in [0, 0.05) is 24.2 Å². The van der Waals surface area contributed by atoms with Crippen LogP contribution in [0.25, 0.3) is 0 Å². The van der Waals surface area contributed by atoms with Gasteiger partial charge in [-0.05, 0) is 37.3 Å². The molecule has 2 aromatic carbocycles. The summed E-state index contributed by atoms with van der Waals surface area (Å²) in [5.74, 6) is -1.07. The molecule has 2 amide bonds. The Morgan fingerprint density at radius 2 is 1.50 bits per heavy atom. The van der Waals surface area contributed by atoms with Gasteiger partial charge in [0.15, 0.2) is 0 Å². The normalized spacial score (nSPS) is 15.0. The Kier molecular flexibility index (Phi) is 6.08. The third kappa shape index (κ3) is 4.56. The number of amides is 2. The molecule has 0 saturated carbocycles. The number of morpholine rings is 1. The summed E-state index contributed by atoms with van der Waals surface area (Å²) in [5, 5.41) is 0. The third-order valence-electron chi connectivity index (χ3n) is 4.27. The number of benzene rings is 2. The lowest BCUT2D eigenvalue weighted by atomic mass is 10.1. The lowest BCUT2D eigenvalue weighted by molar-refractivity contribution is 0.0730.